The molecule has 4 rings (SSSR count). The number of hydrogen-bond acceptors (Lipinski definition) is 4. The molecule has 0 saturated heterocycles. The molecule has 0 fully saturated rings. The number of nitrogens with one attached hydrogen (secondary N) is 2. The van der Waals surface area contributed by atoms with Gasteiger partial charge in [-0.15, -0.1) is 0 Å². The molecule has 1 aliphatic heterocycles. The topological polar surface area (TPSA) is 67.4 Å². The van der Waals surface area contributed by atoms with Crippen LogP contribution in [0.4, 0.5) is 5.69 Å². The number of ether oxygens (including phenoxy) is 1. The van der Waals surface area contributed by atoms with Gasteiger partial charge in [0.1, 0.15) is 5.75 Å². The van der Waals surface area contributed by atoms with Crippen molar-refractivity contribution in [2.24, 2.45) is 0 Å². The summed E-state index contributed by atoms with van der Waals surface area (Å²) < 4.78 is 5.37. The van der Waals surface area contributed by atoms with Crippen LogP contribution in [-0.4, -0.2) is 24.3 Å². The third kappa shape index (κ3) is 4.72. The fraction of sp³-hybridized carbons (Fsp3) is 0.185. The average molecular weight is 427 g/mol. The first kappa shape index (κ1) is 21.4. The number of anilines is 1. The highest BCUT2D eigenvalue weighted by Crippen LogP contribution is 2.32. The van der Waals surface area contributed by atoms with Gasteiger partial charge in [-0.25, -0.2) is 0 Å². The van der Waals surface area contributed by atoms with Crippen LogP contribution in [-0.2, 0) is 6.42 Å². The summed E-state index contributed by atoms with van der Waals surface area (Å²) in [6, 6.07) is 21.9. The highest BCUT2D eigenvalue weighted by atomic mass is 16.5. The van der Waals surface area contributed by atoms with Gasteiger partial charge in [-0.1, -0.05) is 24.3 Å². The van der Waals surface area contributed by atoms with Crippen LogP contribution < -0.4 is 15.4 Å². The second-order valence-electron chi connectivity index (χ2n) is 8.53. The fourth-order valence-corrected chi connectivity index (χ4v) is 3.88. The number of carbonyl (C=O) groups excluding carboxylic acids is 2. The third-order valence-corrected chi connectivity index (χ3v) is 5.45. The molecule has 1 amide bonds. The summed E-state index contributed by atoms with van der Waals surface area (Å²) in [5.74, 6) is 0.452. The molecule has 0 spiro atoms. The molecule has 5 nitrogen and oxygen atoms in total. The van der Waals surface area contributed by atoms with Crippen LogP contribution in [0.15, 0.2) is 78.9 Å². The molecule has 5 heteroatoms. The first-order valence-electron chi connectivity index (χ1n) is 10.5. The Bertz CT molecular complexity index is 1180. The smallest absolute Gasteiger partial charge is 0.255 e. The zero-order chi connectivity index (χ0) is 22.7. The normalized spacial score (nSPS) is 15.4. The summed E-state index contributed by atoms with van der Waals surface area (Å²) in [6.45, 7) is 4.23. The van der Waals surface area contributed by atoms with Gasteiger partial charge in [0.15, 0.2) is 5.78 Å². The minimum absolute atomic E-state index is 0.111. The molecule has 0 bridgehead atoms. The Hall–Kier alpha value is -3.86. The van der Waals surface area contributed by atoms with Crippen LogP contribution in [0, 0.1) is 0 Å². The quantitative estimate of drug-likeness (QED) is 0.440. The van der Waals surface area contributed by atoms with E-state index in [9.17, 15) is 9.59 Å². The van der Waals surface area contributed by atoms with Crippen molar-refractivity contribution in [2.45, 2.75) is 25.8 Å². The van der Waals surface area contributed by atoms with Crippen LogP contribution in [0.2, 0.25) is 0 Å². The molecule has 0 unspecified atom stereocenters. The number of carbonyl (C=O) groups is 2. The average Bonchev–Trinajstić information content (AvgIpc) is 2.79. The number of ketones is 1. The number of rotatable bonds is 5. The Morgan fingerprint density at radius 2 is 1.69 bits per heavy atom. The first-order chi connectivity index (χ1) is 15.3. The summed E-state index contributed by atoms with van der Waals surface area (Å²) in [7, 11) is 1.63. The van der Waals surface area contributed by atoms with E-state index in [1.54, 1.807) is 49.6 Å². The van der Waals surface area contributed by atoms with Crippen molar-refractivity contribution in [1.82, 2.24) is 5.32 Å². The Balaban J connectivity index is 1.55. The monoisotopic (exact) mass is 426 g/mol. The van der Waals surface area contributed by atoms with Crippen LogP contribution in [0.25, 0.3) is 5.70 Å². The third-order valence-electron chi connectivity index (χ3n) is 5.45. The Morgan fingerprint density at radius 1 is 0.969 bits per heavy atom. The van der Waals surface area contributed by atoms with Gasteiger partial charge in [0, 0.05) is 39.7 Å². The lowest BCUT2D eigenvalue weighted by Crippen LogP contribution is -2.43. The van der Waals surface area contributed by atoms with Crippen LogP contribution in [0.5, 0.6) is 5.75 Å². The zero-order valence-electron chi connectivity index (χ0n) is 18.4. The maximum absolute atomic E-state index is 13.0. The maximum Gasteiger partial charge on any atom is 0.255 e. The SMILES string of the molecule is COc1ccc2c(c1)/C(=C/C(=O)c1ccc(NC(=O)c3ccccc3)cc1)NC(C)(C)C2. The molecule has 162 valence electrons. The van der Waals surface area contributed by atoms with E-state index in [1.807, 2.05) is 30.3 Å². The summed E-state index contributed by atoms with van der Waals surface area (Å²) in [5.41, 5.74) is 4.52. The minimum Gasteiger partial charge on any atom is -0.497 e. The molecule has 0 aliphatic carbocycles. The lowest BCUT2D eigenvalue weighted by molar-refractivity contribution is 0.102. The minimum atomic E-state index is -0.189. The molecule has 1 heterocycles. The largest absolute Gasteiger partial charge is 0.497 e. The highest BCUT2D eigenvalue weighted by molar-refractivity contribution is 6.09. The van der Waals surface area contributed by atoms with Gasteiger partial charge >= 0.3 is 0 Å². The van der Waals surface area contributed by atoms with Gasteiger partial charge in [-0.2, -0.15) is 0 Å². The first-order valence-corrected chi connectivity index (χ1v) is 10.5. The van der Waals surface area contributed by atoms with E-state index in [2.05, 4.69) is 30.5 Å². The molecular formula is C27H26N2O3. The van der Waals surface area contributed by atoms with Crippen molar-refractivity contribution in [3.05, 3.63) is 101 Å². The van der Waals surface area contributed by atoms with Crippen LogP contribution in [0.1, 0.15) is 45.7 Å². The van der Waals surface area contributed by atoms with E-state index in [0.29, 0.717) is 16.8 Å². The van der Waals surface area contributed by atoms with E-state index in [4.69, 9.17) is 4.74 Å². The van der Waals surface area contributed by atoms with Gasteiger partial charge in [0.25, 0.3) is 5.91 Å². The van der Waals surface area contributed by atoms with E-state index in [0.717, 1.165) is 23.4 Å². The van der Waals surface area contributed by atoms with Gasteiger partial charge in [-0.3, -0.25) is 9.59 Å². The lowest BCUT2D eigenvalue weighted by Gasteiger charge is -2.35. The molecule has 0 aromatic heterocycles. The maximum atomic E-state index is 13.0. The molecule has 0 radical (unpaired) electrons. The summed E-state index contributed by atoms with van der Waals surface area (Å²) >= 11 is 0. The van der Waals surface area contributed by atoms with Crippen molar-refractivity contribution in [3.8, 4) is 5.75 Å². The van der Waals surface area contributed by atoms with E-state index < -0.39 is 0 Å². The Morgan fingerprint density at radius 3 is 2.38 bits per heavy atom. The Labute approximate surface area is 188 Å². The molecule has 0 saturated carbocycles. The van der Waals surface area contributed by atoms with Crippen molar-refractivity contribution < 1.29 is 14.3 Å². The van der Waals surface area contributed by atoms with Crippen LogP contribution in [0.3, 0.4) is 0 Å². The highest BCUT2D eigenvalue weighted by Gasteiger charge is 2.28. The second-order valence-corrected chi connectivity index (χ2v) is 8.53. The van der Waals surface area contributed by atoms with E-state index in [1.165, 1.54) is 5.56 Å². The number of allylic oxidation sites excluding steroid dienone is 1. The molecule has 32 heavy (non-hydrogen) atoms. The van der Waals surface area contributed by atoms with Gasteiger partial charge in [0.2, 0.25) is 0 Å². The molecule has 3 aromatic rings. The predicted molar refractivity (Wildman–Crippen MR) is 127 cm³/mol. The van der Waals surface area contributed by atoms with E-state index >= 15 is 0 Å². The number of benzene rings is 3. The molecule has 2 N–H and O–H groups in total. The van der Waals surface area contributed by atoms with Gasteiger partial charge in [-0.05, 0) is 74.4 Å². The summed E-state index contributed by atoms with van der Waals surface area (Å²) in [5, 5.41) is 6.33. The van der Waals surface area contributed by atoms with E-state index in [-0.39, 0.29) is 17.2 Å². The van der Waals surface area contributed by atoms with Gasteiger partial charge < -0.3 is 15.4 Å². The van der Waals surface area contributed by atoms with Crippen molar-refractivity contribution in [1.29, 1.82) is 0 Å². The number of methoxy groups -OCH3 is 1. The van der Waals surface area contributed by atoms with Crippen molar-refractivity contribution >= 4 is 23.1 Å². The predicted octanol–water partition coefficient (Wildman–Crippen LogP) is 5.10. The standard InChI is InChI=1S/C27H26N2O3/c1-27(2)17-20-11-14-22(32-3)15-23(20)24(29-27)16-25(30)18-9-12-21(13-10-18)28-26(31)19-7-5-4-6-8-19/h4-16,29H,17H2,1-3H3,(H,28,31)/b24-16-. The number of hydrogen-bond donors (Lipinski definition) is 2. The molecule has 3 aromatic carbocycles. The van der Waals surface area contributed by atoms with Crippen molar-refractivity contribution in [2.75, 3.05) is 12.4 Å². The Kier molecular flexibility index (Phi) is 5.82. The summed E-state index contributed by atoms with van der Waals surface area (Å²) in [4.78, 5) is 25.3. The second kappa shape index (κ2) is 8.71. The number of amides is 1. The summed E-state index contributed by atoms with van der Waals surface area (Å²) in [6.07, 6.45) is 2.49. The van der Waals surface area contributed by atoms with Gasteiger partial charge in [0.05, 0.1) is 7.11 Å². The fourth-order valence-electron chi connectivity index (χ4n) is 3.88. The number of fused-ring (bicyclic) bond motifs is 1. The van der Waals surface area contributed by atoms with Crippen molar-refractivity contribution in [3.63, 3.8) is 0 Å². The molecule has 0 atom stereocenters. The van der Waals surface area contributed by atoms with Crippen LogP contribution >= 0.6 is 0 Å². The molecule has 1 aliphatic rings. The zero-order valence-corrected chi connectivity index (χ0v) is 18.4. The lowest BCUT2D eigenvalue weighted by atomic mass is 9.85. The molecular weight excluding hydrogens is 400 g/mol.